The van der Waals surface area contributed by atoms with Gasteiger partial charge in [0.25, 0.3) is 0 Å². The van der Waals surface area contributed by atoms with Crippen molar-refractivity contribution in [3.05, 3.63) is 0 Å². The highest BCUT2D eigenvalue weighted by atomic mass is 127. The Morgan fingerprint density at radius 2 is 1.11 bits per heavy atom. The summed E-state index contributed by atoms with van der Waals surface area (Å²) < 4.78 is 0. The second kappa shape index (κ2) is 14.5. The quantitative estimate of drug-likeness (QED) is 0.291. The fourth-order valence-electron chi connectivity index (χ4n) is 2.71. The Kier molecular flexibility index (Phi) is 15.4. The van der Waals surface area contributed by atoms with Gasteiger partial charge in [0.05, 0.1) is 0 Å². The fourth-order valence-corrected chi connectivity index (χ4v) is 5.16. The van der Waals surface area contributed by atoms with E-state index < -0.39 is 0 Å². The summed E-state index contributed by atoms with van der Waals surface area (Å²) >= 11 is 0. The molecular formula is C16H33IS. The van der Waals surface area contributed by atoms with Crippen molar-refractivity contribution in [3.8, 4) is 0 Å². The van der Waals surface area contributed by atoms with Crippen LogP contribution in [0, 0.1) is 0 Å². The van der Waals surface area contributed by atoms with Crippen LogP contribution in [0.25, 0.3) is 0 Å². The van der Waals surface area contributed by atoms with Crippen molar-refractivity contribution in [1.29, 1.82) is 0 Å². The maximum absolute atomic E-state index is 2.30. The highest BCUT2D eigenvalue weighted by molar-refractivity contribution is 7.97. The van der Waals surface area contributed by atoms with Gasteiger partial charge >= 0.3 is 0 Å². The Morgan fingerprint density at radius 1 is 0.667 bits per heavy atom. The molecule has 110 valence electrons. The topological polar surface area (TPSA) is 0 Å². The molecule has 0 spiro atoms. The standard InChI is InChI=1S/C16H33S.HI/c1-2-3-4-5-6-7-8-9-10-11-14-17-15-12-13-16-17;/h2-16H2,1H3;1H/q+1;/p-1. The largest absolute Gasteiger partial charge is 1.00 e. The van der Waals surface area contributed by atoms with E-state index >= 15 is 0 Å². The van der Waals surface area contributed by atoms with E-state index in [-0.39, 0.29) is 24.0 Å². The first-order valence-corrected chi connectivity index (χ1v) is 9.81. The molecule has 0 atom stereocenters. The molecule has 0 saturated carbocycles. The summed E-state index contributed by atoms with van der Waals surface area (Å²) in [5.74, 6) is 4.70. The highest BCUT2D eigenvalue weighted by Gasteiger charge is 2.22. The monoisotopic (exact) mass is 384 g/mol. The number of halogens is 1. The smallest absolute Gasteiger partial charge is 0.108 e. The van der Waals surface area contributed by atoms with Crippen LogP contribution in [0.3, 0.4) is 0 Å². The van der Waals surface area contributed by atoms with Gasteiger partial charge in [-0.2, -0.15) is 0 Å². The van der Waals surface area contributed by atoms with Gasteiger partial charge in [-0.25, -0.2) is 0 Å². The number of rotatable bonds is 11. The zero-order valence-corrected chi connectivity index (χ0v) is 15.4. The molecule has 1 aliphatic rings. The summed E-state index contributed by atoms with van der Waals surface area (Å²) in [6, 6.07) is 0. The molecule has 0 bridgehead atoms. The first-order chi connectivity index (χ1) is 8.43. The van der Waals surface area contributed by atoms with Crippen LogP contribution < -0.4 is 24.0 Å². The van der Waals surface area contributed by atoms with Gasteiger partial charge in [0.15, 0.2) is 0 Å². The van der Waals surface area contributed by atoms with E-state index in [1.54, 1.807) is 17.3 Å². The van der Waals surface area contributed by atoms with Gasteiger partial charge in [0.2, 0.25) is 0 Å². The molecule has 1 aliphatic heterocycles. The molecule has 0 aromatic heterocycles. The normalized spacial score (nSPS) is 15.8. The van der Waals surface area contributed by atoms with E-state index in [9.17, 15) is 0 Å². The van der Waals surface area contributed by atoms with Crippen LogP contribution >= 0.6 is 0 Å². The van der Waals surface area contributed by atoms with Crippen LogP contribution in [0.5, 0.6) is 0 Å². The van der Waals surface area contributed by atoms with Gasteiger partial charge in [-0.3, -0.25) is 0 Å². The van der Waals surface area contributed by atoms with Crippen LogP contribution in [-0.2, 0) is 10.9 Å². The van der Waals surface area contributed by atoms with Crippen LogP contribution in [-0.4, -0.2) is 17.3 Å². The van der Waals surface area contributed by atoms with Crippen molar-refractivity contribution >= 4 is 10.9 Å². The second-order valence-electron chi connectivity index (χ2n) is 5.61. The molecule has 0 unspecified atom stereocenters. The molecule has 0 aliphatic carbocycles. The van der Waals surface area contributed by atoms with E-state index in [0.717, 1.165) is 10.9 Å². The number of unbranched alkanes of at least 4 members (excludes halogenated alkanes) is 9. The molecule has 1 saturated heterocycles. The van der Waals surface area contributed by atoms with Gasteiger partial charge in [-0.1, -0.05) is 58.3 Å². The second-order valence-corrected chi connectivity index (χ2v) is 8.06. The first-order valence-electron chi connectivity index (χ1n) is 8.07. The summed E-state index contributed by atoms with van der Waals surface area (Å²) in [6.45, 7) is 2.30. The zero-order valence-electron chi connectivity index (χ0n) is 12.4. The highest BCUT2D eigenvalue weighted by Crippen LogP contribution is 2.16. The average Bonchev–Trinajstić information content (AvgIpc) is 2.85. The van der Waals surface area contributed by atoms with E-state index in [2.05, 4.69) is 6.92 Å². The molecule has 1 heterocycles. The van der Waals surface area contributed by atoms with Crippen molar-refractivity contribution in [2.75, 3.05) is 17.3 Å². The SMILES string of the molecule is CCCCCCCCCCCC[S+]1CCCC1.[I-]. The molecule has 0 aromatic carbocycles. The van der Waals surface area contributed by atoms with E-state index in [0.29, 0.717) is 0 Å². The third kappa shape index (κ3) is 11.0. The lowest BCUT2D eigenvalue weighted by Gasteiger charge is -2.02. The molecule has 0 radical (unpaired) electrons. The molecule has 18 heavy (non-hydrogen) atoms. The van der Waals surface area contributed by atoms with E-state index in [1.165, 1.54) is 77.0 Å². The summed E-state index contributed by atoms with van der Waals surface area (Å²) in [4.78, 5) is 0. The Bertz CT molecular complexity index is 155. The van der Waals surface area contributed by atoms with Crippen LogP contribution in [0.15, 0.2) is 0 Å². The summed E-state index contributed by atoms with van der Waals surface area (Å²) in [7, 11) is 0.860. The van der Waals surface area contributed by atoms with Gasteiger partial charge in [0, 0.05) is 0 Å². The lowest BCUT2D eigenvalue weighted by atomic mass is 10.1. The molecule has 0 N–H and O–H groups in total. The Balaban J connectivity index is 0.00000289. The minimum Gasteiger partial charge on any atom is -1.00 e. The first kappa shape index (κ1) is 19.1. The molecule has 0 aromatic rings. The fraction of sp³-hybridized carbons (Fsp3) is 1.00. The molecule has 0 nitrogen and oxygen atoms in total. The van der Waals surface area contributed by atoms with Crippen molar-refractivity contribution < 1.29 is 24.0 Å². The van der Waals surface area contributed by atoms with Crippen molar-refractivity contribution in [2.45, 2.75) is 84.0 Å². The zero-order chi connectivity index (χ0) is 12.2. The molecule has 0 amide bonds. The Morgan fingerprint density at radius 3 is 1.61 bits per heavy atom. The lowest BCUT2D eigenvalue weighted by molar-refractivity contribution is -0.00000376. The van der Waals surface area contributed by atoms with Crippen LogP contribution in [0.1, 0.15) is 84.0 Å². The van der Waals surface area contributed by atoms with Gasteiger partial charge in [-0.15, -0.1) is 0 Å². The van der Waals surface area contributed by atoms with Crippen molar-refractivity contribution in [1.82, 2.24) is 0 Å². The van der Waals surface area contributed by atoms with Crippen molar-refractivity contribution in [2.24, 2.45) is 0 Å². The summed E-state index contributed by atoms with van der Waals surface area (Å²) in [5.41, 5.74) is 0. The molecule has 2 heteroatoms. The van der Waals surface area contributed by atoms with Gasteiger partial charge in [0.1, 0.15) is 17.3 Å². The summed E-state index contributed by atoms with van der Waals surface area (Å²) in [5, 5.41) is 0. The third-order valence-corrected chi connectivity index (χ3v) is 6.50. The predicted octanol–water partition coefficient (Wildman–Crippen LogP) is 2.32. The Labute approximate surface area is 135 Å². The average molecular weight is 384 g/mol. The molecule has 1 fully saturated rings. The van der Waals surface area contributed by atoms with Crippen LogP contribution in [0.4, 0.5) is 0 Å². The van der Waals surface area contributed by atoms with E-state index in [1.807, 2.05) is 0 Å². The lowest BCUT2D eigenvalue weighted by Crippen LogP contribution is -3.00. The van der Waals surface area contributed by atoms with Crippen LogP contribution in [0.2, 0.25) is 0 Å². The van der Waals surface area contributed by atoms with Gasteiger partial charge < -0.3 is 24.0 Å². The number of hydrogen-bond donors (Lipinski definition) is 0. The number of hydrogen-bond acceptors (Lipinski definition) is 0. The van der Waals surface area contributed by atoms with E-state index in [4.69, 9.17) is 0 Å². The van der Waals surface area contributed by atoms with Crippen molar-refractivity contribution in [3.63, 3.8) is 0 Å². The maximum Gasteiger partial charge on any atom is 0.108 e. The minimum absolute atomic E-state index is 0. The maximum atomic E-state index is 2.30. The third-order valence-electron chi connectivity index (χ3n) is 3.90. The molecular weight excluding hydrogens is 351 g/mol. The Hall–Kier alpha value is 1.08. The summed E-state index contributed by atoms with van der Waals surface area (Å²) in [6.07, 6.45) is 17.9. The van der Waals surface area contributed by atoms with Gasteiger partial charge in [-0.05, 0) is 36.6 Å². The molecule has 1 rings (SSSR count). The predicted molar refractivity (Wildman–Crippen MR) is 83.0 cm³/mol. The minimum atomic E-state index is 0.